The van der Waals surface area contributed by atoms with E-state index in [0.29, 0.717) is 5.13 Å². The van der Waals surface area contributed by atoms with Crippen LogP contribution < -0.4 is 5.73 Å². The summed E-state index contributed by atoms with van der Waals surface area (Å²) in [6, 6.07) is 0. The smallest absolute Gasteiger partial charge is 0.203 e. The highest BCUT2D eigenvalue weighted by Crippen LogP contribution is 2.38. The number of nitrogen functional groups attached to an aromatic ring is 1. The molecular weight excluding hydrogens is 286 g/mol. The van der Waals surface area contributed by atoms with Crippen molar-refractivity contribution in [1.82, 2.24) is 20.2 Å². The van der Waals surface area contributed by atoms with Gasteiger partial charge in [0.1, 0.15) is 16.2 Å². The van der Waals surface area contributed by atoms with Gasteiger partial charge in [0.05, 0.1) is 0 Å². The molecule has 0 unspecified atom stereocenters. The van der Waals surface area contributed by atoms with Crippen LogP contribution in [0.25, 0.3) is 10.2 Å². The van der Waals surface area contributed by atoms with Gasteiger partial charge in [-0.2, -0.15) is 0 Å². The molecule has 0 saturated carbocycles. The number of rotatable bonds is 2. The standard InChI is InChI=1S/C10H9N5S3/c1-4-5(2)16-7-6(4)8(13-3-12-7)17-10-15-14-9(11)18-10/h3H,1-2H3,(H2,11,14). The molecule has 2 N–H and O–H groups in total. The summed E-state index contributed by atoms with van der Waals surface area (Å²) in [5.74, 6) is 0. The van der Waals surface area contributed by atoms with Gasteiger partial charge in [0.15, 0.2) is 4.34 Å². The van der Waals surface area contributed by atoms with Crippen molar-refractivity contribution in [3.8, 4) is 0 Å². The molecule has 3 rings (SSSR count). The lowest BCUT2D eigenvalue weighted by Gasteiger charge is -1.99. The molecule has 0 spiro atoms. The van der Waals surface area contributed by atoms with Crippen LogP contribution in [0.4, 0.5) is 5.13 Å². The third-order valence-electron chi connectivity index (χ3n) is 2.54. The molecule has 0 aromatic carbocycles. The second kappa shape index (κ2) is 4.45. The molecule has 0 amide bonds. The Kier molecular flexibility index (Phi) is 2.92. The van der Waals surface area contributed by atoms with Crippen molar-refractivity contribution in [2.75, 3.05) is 5.73 Å². The normalized spacial score (nSPS) is 11.2. The largest absolute Gasteiger partial charge is 0.374 e. The van der Waals surface area contributed by atoms with E-state index in [0.717, 1.165) is 19.6 Å². The molecule has 92 valence electrons. The molecule has 3 aromatic rings. The highest BCUT2D eigenvalue weighted by Gasteiger charge is 2.14. The highest BCUT2D eigenvalue weighted by molar-refractivity contribution is 8.01. The summed E-state index contributed by atoms with van der Waals surface area (Å²) in [5.41, 5.74) is 6.81. The third kappa shape index (κ3) is 1.96. The molecule has 18 heavy (non-hydrogen) atoms. The van der Waals surface area contributed by atoms with Crippen LogP contribution in [0.2, 0.25) is 0 Å². The maximum absolute atomic E-state index is 5.58. The maximum Gasteiger partial charge on any atom is 0.203 e. The fourth-order valence-corrected chi connectivity index (χ4v) is 4.33. The lowest BCUT2D eigenvalue weighted by atomic mass is 10.2. The summed E-state index contributed by atoms with van der Waals surface area (Å²) in [7, 11) is 0. The van der Waals surface area contributed by atoms with E-state index in [9.17, 15) is 0 Å². The molecule has 0 atom stereocenters. The monoisotopic (exact) mass is 295 g/mol. The first-order valence-electron chi connectivity index (χ1n) is 5.12. The number of aryl methyl sites for hydroxylation is 2. The Bertz CT molecular complexity index is 717. The number of hydrogen-bond donors (Lipinski definition) is 1. The Labute approximate surface area is 115 Å². The number of thiophene rings is 1. The predicted octanol–water partition coefficient (Wildman–Crippen LogP) is 2.89. The van der Waals surface area contributed by atoms with Crippen LogP contribution in [0.5, 0.6) is 0 Å². The zero-order valence-electron chi connectivity index (χ0n) is 9.67. The predicted molar refractivity (Wildman–Crippen MR) is 75.3 cm³/mol. The average Bonchev–Trinajstić information content (AvgIpc) is 2.86. The molecule has 0 aliphatic heterocycles. The molecule has 5 nitrogen and oxygen atoms in total. The molecule has 0 aliphatic rings. The Morgan fingerprint density at radius 1 is 1.17 bits per heavy atom. The van der Waals surface area contributed by atoms with Crippen molar-refractivity contribution in [2.24, 2.45) is 0 Å². The Hall–Kier alpha value is -1.25. The van der Waals surface area contributed by atoms with Crippen LogP contribution >= 0.6 is 34.4 Å². The fraction of sp³-hybridized carbons (Fsp3) is 0.200. The molecular formula is C10H9N5S3. The number of nitrogens with two attached hydrogens (primary N) is 1. The lowest BCUT2D eigenvalue weighted by Crippen LogP contribution is -1.85. The molecule has 0 fully saturated rings. The van der Waals surface area contributed by atoms with Gasteiger partial charge >= 0.3 is 0 Å². The van der Waals surface area contributed by atoms with Gasteiger partial charge in [-0.1, -0.05) is 11.3 Å². The second-order valence-electron chi connectivity index (χ2n) is 3.65. The summed E-state index contributed by atoms with van der Waals surface area (Å²) in [6.07, 6.45) is 1.59. The summed E-state index contributed by atoms with van der Waals surface area (Å²) >= 11 is 4.54. The third-order valence-corrected chi connectivity index (χ3v) is 5.46. The fourth-order valence-electron chi connectivity index (χ4n) is 1.57. The van der Waals surface area contributed by atoms with Crippen LogP contribution in [0.3, 0.4) is 0 Å². The number of fused-ring (bicyclic) bond motifs is 1. The van der Waals surface area contributed by atoms with Gasteiger partial charge in [-0.15, -0.1) is 21.5 Å². The molecule has 3 heterocycles. The highest BCUT2D eigenvalue weighted by atomic mass is 32.2. The van der Waals surface area contributed by atoms with E-state index in [1.807, 2.05) is 0 Å². The van der Waals surface area contributed by atoms with Crippen LogP contribution in [0.15, 0.2) is 15.7 Å². The van der Waals surface area contributed by atoms with Gasteiger partial charge in [0.2, 0.25) is 5.13 Å². The second-order valence-corrected chi connectivity index (χ2v) is 7.10. The minimum Gasteiger partial charge on any atom is -0.374 e. The van der Waals surface area contributed by atoms with Crippen molar-refractivity contribution >= 4 is 49.8 Å². The van der Waals surface area contributed by atoms with Crippen LogP contribution in [0, 0.1) is 13.8 Å². The molecule has 0 radical (unpaired) electrons. The quantitative estimate of drug-likeness (QED) is 0.732. The Morgan fingerprint density at radius 2 is 2.00 bits per heavy atom. The summed E-state index contributed by atoms with van der Waals surface area (Å²) in [6.45, 7) is 4.19. The van der Waals surface area contributed by atoms with Crippen LogP contribution in [0.1, 0.15) is 10.4 Å². The topological polar surface area (TPSA) is 77.6 Å². The van der Waals surface area contributed by atoms with Gasteiger partial charge in [-0.25, -0.2) is 9.97 Å². The van der Waals surface area contributed by atoms with Crippen molar-refractivity contribution < 1.29 is 0 Å². The molecule has 0 bridgehead atoms. The van der Waals surface area contributed by atoms with Crippen LogP contribution in [-0.4, -0.2) is 20.2 Å². The average molecular weight is 295 g/mol. The van der Waals surface area contributed by atoms with Crippen molar-refractivity contribution in [1.29, 1.82) is 0 Å². The van der Waals surface area contributed by atoms with Gasteiger partial charge in [-0.05, 0) is 31.2 Å². The number of aromatic nitrogens is 4. The zero-order valence-corrected chi connectivity index (χ0v) is 12.1. The lowest BCUT2D eigenvalue weighted by molar-refractivity contribution is 1.01. The Morgan fingerprint density at radius 3 is 2.72 bits per heavy atom. The van der Waals surface area contributed by atoms with Gasteiger partial charge in [-0.3, -0.25) is 0 Å². The van der Waals surface area contributed by atoms with Crippen molar-refractivity contribution in [2.45, 2.75) is 23.2 Å². The van der Waals surface area contributed by atoms with Crippen molar-refractivity contribution in [3.05, 3.63) is 16.8 Å². The number of nitrogens with zero attached hydrogens (tertiary/aromatic N) is 4. The van der Waals surface area contributed by atoms with Gasteiger partial charge in [0, 0.05) is 10.3 Å². The number of anilines is 1. The Balaban J connectivity index is 2.11. The van der Waals surface area contributed by atoms with E-state index in [1.54, 1.807) is 17.7 Å². The van der Waals surface area contributed by atoms with E-state index in [2.05, 4.69) is 34.0 Å². The SMILES string of the molecule is Cc1sc2ncnc(Sc3nnc(N)s3)c2c1C. The zero-order chi connectivity index (χ0) is 12.7. The minimum atomic E-state index is 0.473. The van der Waals surface area contributed by atoms with E-state index in [1.165, 1.54) is 33.5 Å². The van der Waals surface area contributed by atoms with E-state index >= 15 is 0 Å². The number of hydrogen-bond acceptors (Lipinski definition) is 8. The van der Waals surface area contributed by atoms with Gasteiger partial charge < -0.3 is 5.73 Å². The first-order chi connectivity index (χ1) is 8.65. The first kappa shape index (κ1) is 11.8. The molecule has 3 aromatic heterocycles. The van der Waals surface area contributed by atoms with Crippen molar-refractivity contribution in [3.63, 3.8) is 0 Å². The first-order valence-corrected chi connectivity index (χ1v) is 7.57. The maximum atomic E-state index is 5.58. The summed E-state index contributed by atoms with van der Waals surface area (Å²) in [5, 5.41) is 10.3. The van der Waals surface area contributed by atoms with E-state index in [4.69, 9.17) is 5.73 Å². The van der Waals surface area contributed by atoms with Gasteiger partial charge in [0.25, 0.3) is 0 Å². The van der Waals surface area contributed by atoms with Crippen LogP contribution in [-0.2, 0) is 0 Å². The molecule has 8 heteroatoms. The van der Waals surface area contributed by atoms with E-state index < -0.39 is 0 Å². The molecule has 0 saturated heterocycles. The molecule has 0 aliphatic carbocycles. The minimum absolute atomic E-state index is 0.473. The summed E-state index contributed by atoms with van der Waals surface area (Å²) < 4.78 is 0.802. The van der Waals surface area contributed by atoms with E-state index in [-0.39, 0.29) is 0 Å². The summed E-state index contributed by atoms with van der Waals surface area (Å²) in [4.78, 5) is 10.9.